The van der Waals surface area contributed by atoms with Gasteiger partial charge in [-0.15, -0.1) is 0 Å². The molecule has 0 aliphatic carbocycles. The standard InChI is InChI=1S/C27H34ClN3O5/c1-35-25-17-22(29)21(28)16-20(25)23(32)6-3-18-9-12-31(13-10-18)14-11-30-27(34)8-5-19-4-7-24(33)26(15-19)36-2/h4-5,7-8,15-18,33H,3,6,9-14,29H2,1-2H3,(H,30,34)/b8-5+. The zero-order valence-corrected chi connectivity index (χ0v) is 21.5. The lowest BCUT2D eigenvalue weighted by molar-refractivity contribution is -0.116. The molecule has 0 aromatic heterocycles. The van der Waals surface area contributed by atoms with Gasteiger partial charge in [-0.25, -0.2) is 0 Å². The van der Waals surface area contributed by atoms with Gasteiger partial charge >= 0.3 is 0 Å². The van der Waals surface area contributed by atoms with E-state index in [2.05, 4.69) is 10.2 Å². The van der Waals surface area contributed by atoms with Crippen LogP contribution in [0.5, 0.6) is 17.2 Å². The SMILES string of the molecule is COc1cc(/C=C/C(=O)NCCN2CCC(CCC(=O)c3cc(Cl)c(N)cc3OC)CC2)ccc1O. The summed E-state index contributed by atoms with van der Waals surface area (Å²) in [4.78, 5) is 27.2. The number of rotatable bonds is 11. The molecule has 0 spiro atoms. The third kappa shape index (κ3) is 7.63. The molecule has 36 heavy (non-hydrogen) atoms. The lowest BCUT2D eigenvalue weighted by Gasteiger charge is -2.31. The van der Waals surface area contributed by atoms with E-state index in [4.69, 9.17) is 26.8 Å². The molecule has 1 aliphatic rings. The molecule has 2 aromatic rings. The number of carbonyl (C=O) groups is 2. The Morgan fingerprint density at radius 2 is 1.89 bits per heavy atom. The number of halogens is 1. The molecule has 0 bridgehead atoms. The summed E-state index contributed by atoms with van der Waals surface area (Å²) in [6, 6.07) is 8.08. The molecule has 1 amide bonds. The maximum absolute atomic E-state index is 12.7. The highest BCUT2D eigenvalue weighted by Crippen LogP contribution is 2.31. The molecule has 3 rings (SSSR count). The zero-order valence-electron chi connectivity index (χ0n) is 20.8. The van der Waals surface area contributed by atoms with Crippen LogP contribution in [-0.4, -0.2) is 62.1 Å². The summed E-state index contributed by atoms with van der Waals surface area (Å²) in [5.74, 6) is 1.20. The van der Waals surface area contributed by atoms with Crippen molar-refractivity contribution >= 4 is 35.1 Å². The van der Waals surface area contributed by atoms with E-state index in [0.29, 0.717) is 46.7 Å². The van der Waals surface area contributed by atoms with Crippen LogP contribution in [0.15, 0.2) is 36.4 Å². The molecular formula is C27H34ClN3O5. The number of piperidine rings is 1. The number of likely N-dealkylation sites (tertiary alicyclic amines) is 1. The number of hydrogen-bond donors (Lipinski definition) is 3. The second-order valence-electron chi connectivity index (χ2n) is 8.88. The van der Waals surface area contributed by atoms with Gasteiger partial charge in [0.15, 0.2) is 17.3 Å². The van der Waals surface area contributed by atoms with Crippen LogP contribution < -0.4 is 20.5 Å². The monoisotopic (exact) mass is 515 g/mol. The smallest absolute Gasteiger partial charge is 0.244 e. The molecule has 9 heteroatoms. The van der Waals surface area contributed by atoms with E-state index in [0.717, 1.165) is 44.5 Å². The first-order chi connectivity index (χ1) is 17.3. The number of hydrogen-bond acceptors (Lipinski definition) is 7. The normalized spacial score (nSPS) is 14.6. The molecule has 4 N–H and O–H groups in total. The molecule has 194 valence electrons. The number of nitrogens with zero attached hydrogens (tertiary/aromatic N) is 1. The van der Waals surface area contributed by atoms with Crippen molar-refractivity contribution in [2.45, 2.75) is 25.7 Å². The van der Waals surface area contributed by atoms with Gasteiger partial charge in [0, 0.05) is 31.7 Å². The zero-order chi connectivity index (χ0) is 26.1. The number of nitrogens with two attached hydrogens (primary N) is 1. The summed E-state index contributed by atoms with van der Waals surface area (Å²) in [6.45, 7) is 3.21. The Hall–Kier alpha value is -3.23. The van der Waals surface area contributed by atoms with Gasteiger partial charge in [-0.1, -0.05) is 17.7 Å². The third-order valence-electron chi connectivity index (χ3n) is 6.46. The number of Topliss-reactive ketones (excluding diaryl/α,β-unsaturated/α-hetero) is 1. The average molecular weight is 516 g/mol. The van der Waals surface area contributed by atoms with Crippen molar-refractivity contribution in [2.75, 3.05) is 46.1 Å². The van der Waals surface area contributed by atoms with Crippen molar-refractivity contribution in [3.8, 4) is 17.2 Å². The maximum atomic E-state index is 12.7. The number of ether oxygens (including phenoxy) is 2. The lowest BCUT2D eigenvalue weighted by Crippen LogP contribution is -2.39. The van der Waals surface area contributed by atoms with Crippen molar-refractivity contribution in [1.29, 1.82) is 0 Å². The van der Waals surface area contributed by atoms with E-state index in [1.54, 1.807) is 30.3 Å². The first-order valence-corrected chi connectivity index (χ1v) is 12.4. The minimum Gasteiger partial charge on any atom is -0.504 e. The minimum atomic E-state index is -0.173. The van der Waals surface area contributed by atoms with Crippen molar-refractivity contribution in [3.05, 3.63) is 52.6 Å². The number of amides is 1. The Morgan fingerprint density at radius 3 is 2.58 bits per heavy atom. The number of anilines is 1. The fraction of sp³-hybridized carbons (Fsp3) is 0.407. The Morgan fingerprint density at radius 1 is 1.17 bits per heavy atom. The predicted octanol–water partition coefficient (Wildman–Crippen LogP) is 4.15. The molecule has 1 saturated heterocycles. The number of ketones is 1. The third-order valence-corrected chi connectivity index (χ3v) is 6.79. The Bertz CT molecular complexity index is 1100. The second kappa shape index (κ2) is 13.2. The molecule has 1 heterocycles. The average Bonchev–Trinajstić information content (AvgIpc) is 2.88. The summed E-state index contributed by atoms with van der Waals surface area (Å²) in [5, 5.41) is 12.9. The van der Waals surface area contributed by atoms with Crippen molar-refractivity contribution < 1.29 is 24.2 Å². The maximum Gasteiger partial charge on any atom is 0.244 e. The van der Waals surface area contributed by atoms with Gasteiger partial charge in [0.25, 0.3) is 0 Å². The van der Waals surface area contributed by atoms with Crippen molar-refractivity contribution in [1.82, 2.24) is 10.2 Å². The summed E-state index contributed by atoms with van der Waals surface area (Å²) >= 11 is 6.09. The molecule has 0 radical (unpaired) electrons. The van der Waals surface area contributed by atoms with Crippen LogP contribution in [0.1, 0.15) is 41.6 Å². The fourth-order valence-corrected chi connectivity index (χ4v) is 4.45. The first kappa shape index (κ1) is 27.4. The molecular weight excluding hydrogens is 482 g/mol. The molecule has 1 aliphatic heterocycles. The number of phenolic OH excluding ortho intramolecular Hbond substituents is 1. The molecule has 1 fully saturated rings. The van der Waals surface area contributed by atoms with Crippen LogP contribution in [0.25, 0.3) is 6.08 Å². The van der Waals surface area contributed by atoms with E-state index in [1.807, 2.05) is 0 Å². The Kier molecular flexibility index (Phi) is 10.0. The van der Waals surface area contributed by atoms with Gasteiger partial charge in [-0.3, -0.25) is 9.59 Å². The molecule has 0 saturated carbocycles. The summed E-state index contributed by atoms with van der Waals surface area (Å²) < 4.78 is 10.4. The second-order valence-corrected chi connectivity index (χ2v) is 9.28. The number of phenols is 1. The van der Waals surface area contributed by atoms with Gasteiger partial charge in [0.1, 0.15) is 5.75 Å². The topological polar surface area (TPSA) is 114 Å². The van der Waals surface area contributed by atoms with E-state index >= 15 is 0 Å². The van der Waals surface area contributed by atoms with Crippen LogP contribution in [0.2, 0.25) is 5.02 Å². The van der Waals surface area contributed by atoms with E-state index < -0.39 is 0 Å². The van der Waals surface area contributed by atoms with Crippen LogP contribution in [0.4, 0.5) is 5.69 Å². The largest absolute Gasteiger partial charge is 0.504 e. The summed E-state index contributed by atoms with van der Waals surface area (Å²) in [7, 11) is 2.99. The number of nitrogen functional groups attached to an aromatic ring is 1. The van der Waals surface area contributed by atoms with E-state index in [-0.39, 0.29) is 17.4 Å². The molecule has 0 unspecified atom stereocenters. The van der Waals surface area contributed by atoms with Crippen LogP contribution >= 0.6 is 11.6 Å². The number of aromatic hydroxyl groups is 1. The highest BCUT2D eigenvalue weighted by Gasteiger charge is 2.21. The lowest BCUT2D eigenvalue weighted by atomic mass is 9.90. The number of nitrogens with one attached hydrogen (secondary N) is 1. The van der Waals surface area contributed by atoms with Crippen molar-refractivity contribution in [2.24, 2.45) is 5.92 Å². The van der Waals surface area contributed by atoms with Crippen LogP contribution in [0.3, 0.4) is 0 Å². The van der Waals surface area contributed by atoms with Crippen LogP contribution in [-0.2, 0) is 4.79 Å². The van der Waals surface area contributed by atoms with Crippen molar-refractivity contribution in [3.63, 3.8) is 0 Å². The summed E-state index contributed by atoms with van der Waals surface area (Å²) in [6.07, 6.45) is 6.45. The summed E-state index contributed by atoms with van der Waals surface area (Å²) in [5.41, 5.74) is 7.44. The molecule has 0 atom stereocenters. The Labute approximate surface area is 217 Å². The number of carbonyl (C=O) groups excluding carboxylic acids is 2. The number of benzene rings is 2. The van der Waals surface area contributed by atoms with Gasteiger partial charge in [-0.05, 0) is 68.1 Å². The van der Waals surface area contributed by atoms with Gasteiger partial charge in [0.2, 0.25) is 5.91 Å². The predicted molar refractivity (Wildman–Crippen MR) is 142 cm³/mol. The highest BCUT2D eigenvalue weighted by molar-refractivity contribution is 6.33. The van der Waals surface area contributed by atoms with Gasteiger partial charge in [0.05, 0.1) is 30.5 Å². The fourth-order valence-electron chi connectivity index (χ4n) is 4.29. The first-order valence-electron chi connectivity index (χ1n) is 12.0. The van der Waals surface area contributed by atoms with Gasteiger partial charge < -0.3 is 30.5 Å². The van der Waals surface area contributed by atoms with Gasteiger partial charge in [-0.2, -0.15) is 0 Å². The van der Waals surface area contributed by atoms with Crippen LogP contribution in [0, 0.1) is 5.92 Å². The molecule has 8 nitrogen and oxygen atoms in total. The Balaban J connectivity index is 1.36. The molecule has 2 aromatic carbocycles. The van der Waals surface area contributed by atoms with E-state index in [1.165, 1.54) is 26.4 Å². The highest BCUT2D eigenvalue weighted by atomic mass is 35.5. The minimum absolute atomic E-state index is 0.0118. The quantitative estimate of drug-likeness (QED) is 0.234. The van der Waals surface area contributed by atoms with E-state index in [9.17, 15) is 14.7 Å². The number of methoxy groups -OCH3 is 2.